The van der Waals surface area contributed by atoms with Gasteiger partial charge in [0.05, 0.1) is 23.5 Å². The highest BCUT2D eigenvalue weighted by Gasteiger charge is 2.10. The van der Waals surface area contributed by atoms with Gasteiger partial charge in [0, 0.05) is 17.4 Å². The van der Waals surface area contributed by atoms with E-state index in [1.807, 2.05) is 36.5 Å². The molecule has 0 unspecified atom stereocenters. The van der Waals surface area contributed by atoms with Gasteiger partial charge >= 0.3 is 0 Å². The molecule has 1 aromatic carbocycles. The lowest BCUT2D eigenvalue weighted by atomic mass is 10.2. The van der Waals surface area contributed by atoms with Crippen molar-refractivity contribution in [3.05, 3.63) is 59.1 Å². The van der Waals surface area contributed by atoms with Crippen LogP contribution in [0.3, 0.4) is 0 Å². The minimum Gasteiger partial charge on any atom is -0.322 e. The van der Waals surface area contributed by atoms with Crippen molar-refractivity contribution in [3.8, 4) is 0 Å². The number of aromatic nitrogens is 3. The fourth-order valence-electron chi connectivity index (χ4n) is 2.10. The molecule has 0 fully saturated rings. The van der Waals surface area contributed by atoms with Crippen molar-refractivity contribution in [1.29, 1.82) is 0 Å². The van der Waals surface area contributed by atoms with E-state index in [-0.39, 0.29) is 0 Å². The van der Waals surface area contributed by atoms with Crippen molar-refractivity contribution in [3.63, 3.8) is 0 Å². The standard InChI is InChI=1S/C14H11Cl2N3/c15-7-14-18-12-4-3-11(16)6-13(12)19(14)9-10-2-1-5-17-8-10/h1-6,8H,7,9H2. The summed E-state index contributed by atoms with van der Waals surface area (Å²) in [5, 5.41) is 0.695. The number of fused-ring (bicyclic) bond motifs is 1. The van der Waals surface area contributed by atoms with Crippen molar-refractivity contribution in [1.82, 2.24) is 14.5 Å². The molecule has 0 amide bonds. The second kappa shape index (κ2) is 5.19. The van der Waals surface area contributed by atoms with Gasteiger partial charge in [-0.15, -0.1) is 11.6 Å². The molecule has 3 rings (SSSR count). The second-order valence-electron chi connectivity index (χ2n) is 4.24. The SMILES string of the molecule is ClCc1nc2ccc(Cl)cc2n1Cc1cccnc1. The van der Waals surface area contributed by atoms with Gasteiger partial charge in [-0.05, 0) is 29.8 Å². The van der Waals surface area contributed by atoms with E-state index in [4.69, 9.17) is 23.2 Å². The van der Waals surface area contributed by atoms with Gasteiger partial charge in [0.1, 0.15) is 5.82 Å². The van der Waals surface area contributed by atoms with Crippen molar-refractivity contribution in [2.24, 2.45) is 0 Å². The molecular formula is C14H11Cl2N3. The summed E-state index contributed by atoms with van der Waals surface area (Å²) in [5.41, 5.74) is 3.00. The van der Waals surface area contributed by atoms with Gasteiger partial charge in [-0.2, -0.15) is 0 Å². The lowest BCUT2D eigenvalue weighted by Crippen LogP contribution is -2.04. The van der Waals surface area contributed by atoms with E-state index in [1.54, 1.807) is 6.20 Å². The first kappa shape index (κ1) is 12.5. The van der Waals surface area contributed by atoms with Gasteiger partial charge in [0.25, 0.3) is 0 Å². The summed E-state index contributed by atoms with van der Waals surface area (Å²) in [6, 6.07) is 9.61. The van der Waals surface area contributed by atoms with E-state index in [9.17, 15) is 0 Å². The van der Waals surface area contributed by atoms with E-state index >= 15 is 0 Å². The van der Waals surface area contributed by atoms with E-state index in [2.05, 4.69) is 14.5 Å². The molecule has 0 aliphatic rings. The Morgan fingerprint density at radius 1 is 1.21 bits per heavy atom. The molecule has 0 saturated carbocycles. The van der Waals surface area contributed by atoms with Crippen LogP contribution in [-0.2, 0) is 12.4 Å². The van der Waals surface area contributed by atoms with Crippen LogP contribution in [0.2, 0.25) is 5.02 Å². The van der Waals surface area contributed by atoms with Gasteiger partial charge in [0.2, 0.25) is 0 Å². The average Bonchev–Trinajstić information content (AvgIpc) is 2.78. The van der Waals surface area contributed by atoms with Crippen LogP contribution in [0, 0.1) is 0 Å². The molecule has 5 heteroatoms. The average molecular weight is 292 g/mol. The van der Waals surface area contributed by atoms with Gasteiger partial charge in [0.15, 0.2) is 0 Å². The number of hydrogen-bond donors (Lipinski definition) is 0. The van der Waals surface area contributed by atoms with Gasteiger partial charge in [-0.1, -0.05) is 17.7 Å². The quantitative estimate of drug-likeness (QED) is 0.686. The lowest BCUT2D eigenvalue weighted by Gasteiger charge is -2.07. The van der Waals surface area contributed by atoms with E-state index in [0.717, 1.165) is 22.4 Å². The molecule has 0 saturated heterocycles. The van der Waals surface area contributed by atoms with Crippen LogP contribution in [-0.4, -0.2) is 14.5 Å². The molecule has 2 aromatic heterocycles. The predicted octanol–water partition coefficient (Wildman–Crippen LogP) is 3.87. The summed E-state index contributed by atoms with van der Waals surface area (Å²) in [6.45, 7) is 0.687. The van der Waals surface area contributed by atoms with Gasteiger partial charge < -0.3 is 4.57 Å². The molecule has 0 bridgehead atoms. The third kappa shape index (κ3) is 2.44. The fraction of sp³-hybridized carbons (Fsp3) is 0.143. The molecule has 0 spiro atoms. The van der Waals surface area contributed by atoms with E-state index < -0.39 is 0 Å². The topological polar surface area (TPSA) is 30.7 Å². The molecule has 0 aliphatic carbocycles. The van der Waals surface area contributed by atoms with Crippen LogP contribution in [0.25, 0.3) is 11.0 Å². The number of halogens is 2. The molecule has 0 radical (unpaired) electrons. The smallest absolute Gasteiger partial charge is 0.125 e. The Kier molecular flexibility index (Phi) is 3.40. The molecule has 2 heterocycles. The van der Waals surface area contributed by atoms with Crippen molar-refractivity contribution in [2.75, 3.05) is 0 Å². The first-order valence-electron chi connectivity index (χ1n) is 5.87. The normalized spacial score (nSPS) is 11.1. The summed E-state index contributed by atoms with van der Waals surface area (Å²) in [6.07, 6.45) is 3.60. The van der Waals surface area contributed by atoms with Crippen LogP contribution in [0.1, 0.15) is 11.4 Å². The van der Waals surface area contributed by atoms with Crippen LogP contribution < -0.4 is 0 Å². The highest BCUT2D eigenvalue weighted by molar-refractivity contribution is 6.31. The van der Waals surface area contributed by atoms with E-state index in [0.29, 0.717) is 17.4 Å². The van der Waals surface area contributed by atoms with Crippen LogP contribution in [0.4, 0.5) is 0 Å². The zero-order valence-electron chi connectivity index (χ0n) is 10.1. The Hall–Kier alpha value is -1.58. The number of imidazole rings is 1. The zero-order valence-corrected chi connectivity index (χ0v) is 11.6. The Morgan fingerprint density at radius 2 is 2.11 bits per heavy atom. The number of alkyl halides is 1. The molecule has 3 nitrogen and oxygen atoms in total. The van der Waals surface area contributed by atoms with Gasteiger partial charge in [-0.25, -0.2) is 4.98 Å². The van der Waals surface area contributed by atoms with Crippen LogP contribution >= 0.6 is 23.2 Å². The second-order valence-corrected chi connectivity index (χ2v) is 4.95. The molecule has 0 N–H and O–H groups in total. The summed E-state index contributed by atoms with van der Waals surface area (Å²) < 4.78 is 2.07. The molecular weight excluding hydrogens is 281 g/mol. The largest absolute Gasteiger partial charge is 0.322 e. The number of rotatable bonds is 3. The third-order valence-corrected chi connectivity index (χ3v) is 3.45. The minimum absolute atomic E-state index is 0.368. The number of nitrogens with zero attached hydrogens (tertiary/aromatic N) is 3. The summed E-state index contributed by atoms with van der Waals surface area (Å²) in [5.74, 6) is 1.20. The van der Waals surface area contributed by atoms with Crippen molar-refractivity contribution < 1.29 is 0 Å². The van der Waals surface area contributed by atoms with E-state index in [1.165, 1.54) is 0 Å². The maximum Gasteiger partial charge on any atom is 0.125 e. The van der Waals surface area contributed by atoms with Crippen molar-refractivity contribution >= 4 is 34.2 Å². The number of benzene rings is 1. The fourth-order valence-corrected chi connectivity index (χ4v) is 2.47. The molecule has 0 atom stereocenters. The third-order valence-electron chi connectivity index (χ3n) is 2.97. The predicted molar refractivity (Wildman–Crippen MR) is 77.6 cm³/mol. The highest BCUT2D eigenvalue weighted by Crippen LogP contribution is 2.22. The summed E-state index contributed by atoms with van der Waals surface area (Å²) in [7, 11) is 0. The Bertz CT molecular complexity index is 707. The first-order valence-corrected chi connectivity index (χ1v) is 6.78. The zero-order chi connectivity index (χ0) is 13.2. The van der Waals surface area contributed by atoms with Gasteiger partial charge in [-0.3, -0.25) is 4.98 Å². The highest BCUT2D eigenvalue weighted by atomic mass is 35.5. The van der Waals surface area contributed by atoms with Crippen molar-refractivity contribution in [2.45, 2.75) is 12.4 Å². The summed E-state index contributed by atoms with van der Waals surface area (Å²) >= 11 is 12.0. The van der Waals surface area contributed by atoms with Crippen LogP contribution in [0.15, 0.2) is 42.7 Å². The number of hydrogen-bond acceptors (Lipinski definition) is 2. The van der Waals surface area contributed by atoms with Crippen LogP contribution in [0.5, 0.6) is 0 Å². The molecule has 0 aliphatic heterocycles. The monoisotopic (exact) mass is 291 g/mol. The number of pyridine rings is 1. The Morgan fingerprint density at radius 3 is 2.84 bits per heavy atom. The molecule has 96 valence electrons. The molecule has 19 heavy (non-hydrogen) atoms. The minimum atomic E-state index is 0.368. The first-order chi connectivity index (χ1) is 9.28. The maximum atomic E-state index is 6.06. The lowest BCUT2D eigenvalue weighted by molar-refractivity contribution is 0.775. The Labute approximate surface area is 120 Å². The summed E-state index contributed by atoms with van der Waals surface area (Å²) in [4.78, 5) is 8.65. The Balaban J connectivity index is 2.12. The maximum absolute atomic E-state index is 6.06. The molecule has 3 aromatic rings.